The van der Waals surface area contributed by atoms with Gasteiger partial charge in [0.1, 0.15) is 5.52 Å². The van der Waals surface area contributed by atoms with Gasteiger partial charge in [-0.2, -0.15) is 4.31 Å². The molecule has 0 spiro atoms. The Morgan fingerprint density at radius 2 is 1.84 bits per heavy atom. The van der Waals surface area contributed by atoms with E-state index >= 15 is 0 Å². The van der Waals surface area contributed by atoms with Crippen LogP contribution in [0.4, 0.5) is 0 Å². The Balaban J connectivity index is 1.32. The Kier molecular flexibility index (Phi) is 6.54. The van der Waals surface area contributed by atoms with Crippen LogP contribution in [0.5, 0.6) is 0 Å². The molecule has 0 aliphatic carbocycles. The number of nitrogens with zero attached hydrogens (tertiary/aromatic N) is 4. The lowest BCUT2D eigenvalue weighted by atomic mass is 10.2. The molecule has 0 radical (unpaired) electrons. The molecule has 0 atom stereocenters. The Morgan fingerprint density at radius 3 is 2.58 bits per heavy atom. The summed E-state index contributed by atoms with van der Waals surface area (Å²) in [6.07, 6.45) is 2.74. The van der Waals surface area contributed by atoms with E-state index in [0.717, 1.165) is 23.9 Å². The lowest BCUT2D eigenvalue weighted by Crippen LogP contribution is -2.27. The van der Waals surface area contributed by atoms with Gasteiger partial charge in [0, 0.05) is 37.6 Å². The molecule has 2 heterocycles. The van der Waals surface area contributed by atoms with Crippen LogP contribution in [0.3, 0.4) is 0 Å². The van der Waals surface area contributed by atoms with Crippen LogP contribution < -0.4 is 5.32 Å². The van der Waals surface area contributed by atoms with Crippen LogP contribution in [-0.4, -0.2) is 46.7 Å². The molecule has 1 aromatic heterocycles. The highest BCUT2D eigenvalue weighted by Crippen LogP contribution is 2.23. The van der Waals surface area contributed by atoms with E-state index in [-0.39, 0.29) is 10.8 Å². The number of halogens is 1. The zero-order chi connectivity index (χ0) is 21.8. The predicted octanol–water partition coefficient (Wildman–Crippen LogP) is 2.97. The van der Waals surface area contributed by atoms with Gasteiger partial charge in [-0.1, -0.05) is 28.9 Å². The van der Waals surface area contributed by atoms with Gasteiger partial charge in [0.25, 0.3) is 0 Å². The van der Waals surface area contributed by atoms with E-state index in [2.05, 4.69) is 15.6 Å². The second-order valence-corrected chi connectivity index (χ2v) is 9.96. The van der Waals surface area contributed by atoms with Gasteiger partial charge in [0.05, 0.1) is 10.4 Å². The van der Waals surface area contributed by atoms with Gasteiger partial charge >= 0.3 is 0 Å². The third-order valence-electron chi connectivity index (χ3n) is 5.36. The molecule has 8 nitrogen and oxygen atoms in total. The summed E-state index contributed by atoms with van der Waals surface area (Å²) >= 11 is 5.86. The zero-order valence-electron chi connectivity index (χ0n) is 17.0. The summed E-state index contributed by atoms with van der Waals surface area (Å²) in [5.41, 5.74) is 2.27. The molecule has 31 heavy (non-hydrogen) atoms. The van der Waals surface area contributed by atoms with Crippen LogP contribution >= 0.6 is 11.6 Å². The normalized spacial score (nSPS) is 14.9. The molecule has 1 amide bonds. The maximum absolute atomic E-state index is 12.7. The van der Waals surface area contributed by atoms with Crippen molar-refractivity contribution in [1.29, 1.82) is 0 Å². The number of nitrogens with one attached hydrogen (secondary N) is 1. The molecule has 3 aromatic rings. The molecule has 4 rings (SSSR count). The summed E-state index contributed by atoms with van der Waals surface area (Å²) in [6, 6.07) is 12.3. The van der Waals surface area contributed by atoms with E-state index in [1.165, 1.54) is 4.31 Å². The maximum Gasteiger partial charge on any atom is 0.243 e. The summed E-state index contributed by atoms with van der Waals surface area (Å²) in [5, 5.41) is 11.8. The van der Waals surface area contributed by atoms with Crippen LogP contribution in [0.1, 0.15) is 31.2 Å². The molecule has 1 fully saturated rings. The fourth-order valence-corrected chi connectivity index (χ4v) is 5.30. The van der Waals surface area contributed by atoms with Crippen molar-refractivity contribution < 1.29 is 13.2 Å². The van der Waals surface area contributed by atoms with Gasteiger partial charge in [0.2, 0.25) is 15.9 Å². The Hall–Kier alpha value is -2.49. The molecule has 1 saturated heterocycles. The fourth-order valence-electron chi connectivity index (χ4n) is 3.64. The third-order valence-corrected chi connectivity index (χ3v) is 7.51. The Labute approximate surface area is 186 Å². The topological polar surface area (TPSA) is 97.2 Å². The SMILES string of the molecule is O=C(CCCn1nnc2cc(S(=O)(=O)N3CCCC3)ccc21)NCc1ccc(Cl)cc1. The van der Waals surface area contributed by atoms with Crippen molar-refractivity contribution in [2.45, 2.75) is 43.7 Å². The molecule has 164 valence electrons. The summed E-state index contributed by atoms with van der Waals surface area (Å²) in [5.74, 6) is -0.0432. The highest BCUT2D eigenvalue weighted by molar-refractivity contribution is 7.89. The summed E-state index contributed by atoms with van der Waals surface area (Å²) in [4.78, 5) is 12.3. The van der Waals surface area contributed by atoms with Crippen molar-refractivity contribution in [3.8, 4) is 0 Å². The number of sulfonamides is 1. The lowest BCUT2D eigenvalue weighted by molar-refractivity contribution is -0.121. The first-order chi connectivity index (χ1) is 14.9. The van der Waals surface area contributed by atoms with Crippen LogP contribution in [0, 0.1) is 0 Å². The smallest absolute Gasteiger partial charge is 0.243 e. The number of hydrogen-bond acceptors (Lipinski definition) is 5. The number of aryl methyl sites for hydroxylation is 1. The molecule has 0 saturated carbocycles. The van der Waals surface area contributed by atoms with Crippen molar-refractivity contribution in [3.05, 3.63) is 53.1 Å². The zero-order valence-corrected chi connectivity index (χ0v) is 18.6. The molecule has 10 heteroatoms. The van der Waals surface area contributed by atoms with Gasteiger partial charge in [-0.15, -0.1) is 5.10 Å². The van der Waals surface area contributed by atoms with E-state index in [0.29, 0.717) is 49.6 Å². The number of hydrogen-bond donors (Lipinski definition) is 1. The average Bonchev–Trinajstić information content (AvgIpc) is 3.44. The van der Waals surface area contributed by atoms with Crippen LogP contribution in [0.2, 0.25) is 5.02 Å². The van der Waals surface area contributed by atoms with E-state index in [9.17, 15) is 13.2 Å². The lowest BCUT2D eigenvalue weighted by Gasteiger charge is -2.15. The number of benzene rings is 2. The first-order valence-electron chi connectivity index (χ1n) is 10.3. The van der Waals surface area contributed by atoms with Crippen molar-refractivity contribution in [1.82, 2.24) is 24.6 Å². The van der Waals surface area contributed by atoms with Gasteiger partial charge < -0.3 is 5.32 Å². The Bertz CT molecular complexity index is 1170. The highest BCUT2D eigenvalue weighted by Gasteiger charge is 2.27. The first kappa shape index (κ1) is 21.7. The predicted molar refractivity (Wildman–Crippen MR) is 118 cm³/mol. The van der Waals surface area contributed by atoms with Gasteiger partial charge in [-0.05, 0) is 55.2 Å². The van der Waals surface area contributed by atoms with E-state index in [1.54, 1.807) is 35.0 Å². The van der Waals surface area contributed by atoms with Crippen molar-refractivity contribution in [3.63, 3.8) is 0 Å². The van der Waals surface area contributed by atoms with Crippen LogP contribution in [0.25, 0.3) is 11.0 Å². The quantitative estimate of drug-likeness (QED) is 0.556. The van der Waals surface area contributed by atoms with Crippen molar-refractivity contribution in [2.75, 3.05) is 13.1 Å². The van der Waals surface area contributed by atoms with Crippen LogP contribution in [-0.2, 0) is 27.9 Å². The van der Waals surface area contributed by atoms with E-state index in [1.807, 2.05) is 12.1 Å². The number of amides is 1. The first-order valence-corrected chi connectivity index (χ1v) is 12.1. The van der Waals surface area contributed by atoms with Gasteiger partial charge in [0.15, 0.2) is 0 Å². The largest absolute Gasteiger partial charge is 0.352 e. The second-order valence-electron chi connectivity index (χ2n) is 7.58. The van der Waals surface area contributed by atoms with Gasteiger partial charge in [-0.3, -0.25) is 4.79 Å². The summed E-state index contributed by atoms with van der Waals surface area (Å²) in [7, 11) is -3.48. The molecule has 1 aliphatic heterocycles. The van der Waals surface area contributed by atoms with Crippen LogP contribution in [0.15, 0.2) is 47.4 Å². The summed E-state index contributed by atoms with van der Waals surface area (Å²) < 4.78 is 28.7. The van der Waals surface area contributed by atoms with E-state index < -0.39 is 10.0 Å². The Morgan fingerprint density at radius 1 is 1.10 bits per heavy atom. The molecule has 1 N–H and O–H groups in total. The monoisotopic (exact) mass is 461 g/mol. The number of rotatable bonds is 8. The molecule has 0 unspecified atom stereocenters. The van der Waals surface area contributed by atoms with Gasteiger partial charge in [-0.25, -0.2) is 13.1 Å². The minimum atomic E-state index is -3.48. The standard InChI is InChI=1S/C21H24ClN5O3S/c22-17-7-5-16(6-8-17)15-23-21(28)4-3-13-27-20-10-9-18(14-19(20)24-25-27)31(29,30)26-11-1-2-12-26/h5-10,14H,1-4,11-13,15H2,(H,23,28). The molecule has 2 aromatic carbocycles. The molecular weight excluding hydrogens is 438 g/mol. The minimum Gasteiger partial charge on any atom is -0.352 e. The van der Waals surface area contributed by atoms with E-state index in [4.69, 9.17) is 11.6 Å². The summed E-state index contributed by atoms with van der Waals surface area (Å²) in [6.45, 7) is 2.10. The third kappa shape index (κ3) is 5.06. The number of fused-ring (bicyclic) bond motifs is 1. The number of carbonyl (C=O) groups is 1. The maximum atomic E-state index is 12.7. The average molecular weight is 462 g/mol. The number of carbonyl (C=O) groups excluding carboxylic acids is 1. The molecule has 0 bridgehead atoms. The minimum absolute atomic E-state index is 0.0432. The molecular formula is C21H24ClN5O3S. The second kappa shape index (κ2) is 9.33. The molecule has 1 aliphatic rings. The van der Waals surface area contributed by atoms with Crippen molar-refractivity contribution >= 4 is 38.6 Å². The number of aromatic nitrogens is 3. The fraction of sp³-hybridized carbons (Fsp3) is 0.381. The highest BCUT2D eigenvalue weighted by atomic mass is 35.5. The van der Waals surface area contributed by atoms with Crippen molar-refractivity contribution in [2.24, 2.45) is 0 Å².